The highest BCUT2D eigenvalue weighted by Crippen LogP contribution is 2.26. The van der Waals surface area contributed by atoms with Crippen LogP contribution in [0.5, 0.6) is 0 Å². The number of nitrogens with two attached hydrogens (primary N) is 1. The minimum Gasteiger partial charge on any atom is -0.347 e. The lowest BCUT2D eigenvalue weighted by molar-refractivity contribution is 0.703. The predicted octanol–water partition coefficient (Wildman–Crippen LogP) is 3.00. The lowest BCUT2D eigenvalue weighted by Crippen LogP contribution is -2.11. The number of aryl methyl sites for hydroxylation is 1. The summed E-state index contributed by atoms with van der Waals surface area (Å²) in [7, 11) is 2.09. The maximum Gasteiger partial charge on any atom is 0.0480 e. The van der Waals surface area contributed by atoms with Crippen molar-refractivity contribution < 1.29 is 0 Å². The van der Waals surface area contributed by atoms with Gasteiger partial charge in [0, 0.05) is 40.6 Å². The maximum absolute atomic E-state index is 5.70. The molecule has 1 unspecified atom stereocenters. The Hall–Kier alpha value is -0.800. The first-order valence-corrected chi connectivity index (χ1v) is 5.87. The molecule has 1 atom stereocenters. The summed E-state index contributed by atoms with van der Waals surface area (Å²) < 4.78 is 3.34. The molecule has 0 saturated heterocycles. The van der Waals surface area contributed by atoms with Gasteiger partial charge in [0.05, 0.1) is 0 Å². The molecule has 0 saturated carbocycles. The van der Waals surface area contributed by atoms with E-state index in [1.165, 1.54) is 16.6 Å². The van der Waals surface area contributed by atoms with Gasteiger partial charge >= 0.3 is 0 Å². The van der Waals surface area contributed by atoms with E-state index in [-0.39, 0.29) is 0 Å². The third kappa shape index (κ3) is 1.82. The first-order valence-electron chi connectivity index (χ1n) is 5.08. The van der Waals surface area contributed by atoms with Crippen LogP contribution in [0.3, 0.4) is 0 Å². The van der Waals surface area contributed by atoms with Crippen LogP contribution in [0.25, 0.3) is 10.9 Å². The molecule has 1 heterocycles. The lowest BCUT2D eigenvalue weighted by Gasteiger charge is -2.09. The summed E-state index contributed by atoms with van der Waals surface area (Å²) in [6.07, 6.45) is 0. The van der Waals surface area contributed by atoms with Crippen molar-refractivity contribution in [3.8, 4) is 0 Å². The Labute approximate surface area is 98.2 Å². The number of halogens is 1. The van der Waals surface area contributed by atoms with Gasteiger partial charge in [-0.25, -0.2) is 0 Å². The fourth-order valence-electron chi connectivity index (χ4n) is 1.94. The second-order valence-corrected chi connectivity index (χ2v) is 4.88. The molecule has 0 aliphatic heterocycles. The number of aromatic nitrogens is 1. The molecular weight excluding hydrogens is 252 g/mol. The smallest absolute Gasteiger partial charge is 0.0480 e. The lowest BCUT2D eigenvalue weighted by atomic mass is 10.1. The molecule has 0 spiro atoms. The van der Waals surface area contributed by atoms with Crippen LogP contribution in [-0.4, -0.2) is 11.1 Å². The van der Waals surface area contributed by atoms with Crippen LogP contribution in [0.4, 0.5) is 0 Å². The van der Waals surface area contributed by atoms with Gasteiger partial charge in [-0.15, -0.1) is 0 Å². The molecular formula is C12H15BrN2. The Kier molecular flexibility index (Phi) is 2.85. The fraction of sp³-hybridized carbons (Fsp3) is 0.333. The Morgan fingerprint density at radius 2 is 2.13 bits per heavy atom. The Balaban J connectivity index is 2.63. The van der Waals surface area contributed by atoms with Crippen LogP contribution in [-0.2, 0) is 7.05 Å². The average Bonchev–Trinajstić information content (AvgIpc) is 2.54. The zero-order valence-electron chi connectivity index (χ0n) is 9.00. The van der Waals surface area contributed by atoms with Crippen LogP contribution < -0.4 is 5.73 Å². The van der Waals surface area contributed by atoms with Gasteiger partial charge in [0.25, 0.3) is 0 Å². The van der Waals surface area contributed by atoms with Crippen LogP contribution in [0.2, 0.25) is 0 Å². The second kappa shape index (κ2) is 3.99. The molecule has 0 amide bonds. The van der Waals surface area contributed by atoms with Crippen LogP contribution in [0.15, 0.2) is 28.7 Å². The minimum atomic E-state index is 0.404. The van der Waals surface area contributed by atoms with Gasteiger partial charge < -0.3 is 10.3 Å². The number of fused-ring (bicyclic) bond motifs is 1. The predicted molar refractivity (Wildman–Crippen MR) is 68.1 cm³/mol. The number of benzene rings is 1. The molecule has 0 radical (unpaired) electrons. The molecule has 3 heteroatoms. The van der Waals surface area contributed by atoms with Gasteiger partial charge in [-0.1, -0.05) is 22.9 Å². The van der Waals surface area contributed by atoms with E-state index in [9.17, 15) is 0 Å². The van der Waals surface area contributed by atoms with E-state index >= 15 is 0 Å². The standard InChI is InChI=1S/C12H15BrN2/c1-8(7-14)12-6-9-5-10(13)3-4-11(9)15(12)2/h3-6,8H,7,14H2,1-2H3. The average molecular weight is 267 g/mol. The summed E-state index contributed by atoms with van der Waals surface area (Å²) >= 11 is 3.49. The van der Waals surface area contributed by atoms with E-state index in [1.807, 2.05) is 0 Å². The SMILES string of the molecule is CC(CN)c1cc2cc(Br)ccc2n1C. The van der Waals surface area contributed by atoms with Gasteiger partial charge in [0.2, 0.25) is 0 Å². The molecule has 0 aliphatic rings. The number of hydrogen-bond acceptors (Lipinski definition) is 1. The van der Waals surface area contributed by atoms with Gasteiger partial charge in [-0.05, 0) is 24.3 Å². The Morgan fingerprint density at radius 3 is 2.80 bits per heavy atom. The molecule has 2 N–H and O–H groups in total. The largest absolute Gasteiger partial charge is 0.347 e. The molecule has 2 aromatic rings. The van der Waals surface area contributed by atoms with E-state index < -0.39 is 0 Å². The molecule has 0 fully saturated rings. The van der Waals surface area contributed by atoms with E-state index in [1.54, 1.807) is 0 Å². The maximum atomic E-state index is 5.70. The number of nitrogens with zero attached hydrogens (tertiary/aromatic N) is 1. The first kappa shape index (κ1) is 10.7. The number of hydrogen-bond donors (Lipinski definition) is 1. The summed E-state index contributed by atoms with van der Waals surface area (Å²) in [6.45, 7) is 2.84. The Morgan fingerprint density at radius 1 is 1.40 bits per heavy atom. The third-order valence-electron chi connectivity index (χ3n) is 2.90. The second-order valence-electron chi connectivity index (χ2n) is 3.97. The zero-order valence-corrected chi connectivity index (χ0v) is 10.6. The van der Waals surface area contributed by atoms with Crippen molar-refractivity contribution in [1.29, 1.82) is 0 Å². The Bertz CT molecular complexity index is 488. The monoisotopic (exact) mass is 266 g/mol. The van der Waals surface area contributed by atoms with E-state index in [0.29, 0.717) is 12.5 Å². The van der Waals surface area contributed by atoms with Gasteiger partial charge in [0.15, 0.2) is 0 Å². The molecule has 2 nitrogen and oxygen atoms in total. The van der Waals surface area contributed by atoms with Gasteiger partial charge in [0.1, 0.15) is 0 Å². The number of rotatable bonds is 2. The summed E-state index contributed by atoms with van der Waals surface area (Å²) in [6, 6.07) is 8.56. The van der Waals surface area contributed by atoms with Crippen LogP contribution in [0, 0.1) is 0 Å². The molecule has 2 rings (SSSR count). The van der Waals surface area contributed by atoms with Crippen molar-refractivity contribution in [2.45, 2.75) is 12.8 Å². The van der Waals surface area contributed by atoms with Crippen molar-refractivity contribution >= 4 is 26.8 Å². The van der Waals surface area contributed by atoms with Crippen molar-refractivity contribution in [2.75, 3.05) is 6.54 Å². The fourth-order valence-corrected chi connectivity index (χ4v) is 2.31. The molecule has 15 heavy (non-hydrogen) atoms. The third-order valence-corrected chi connectivity index (χ3v) is 3.39. The molecule has 0 bridgehead atoms. The normalized spacial score (nSPS) is 13.3. The van der Waals surface area contributed by atoms with Gasteiger partial charge in [-0.3, -0.25) is 0 Å². The molecule has 1 aromatic heterocycles. The molecule has 80 valence electrons. The van der Waals surface area contributed by atoms with Crippen molar-refractivity contribution in [3.05, 3.63) is 34.4 Å². The van der Waals surface area contributed by atoms with E-state index in [4.69, 9.17) is 5.73 Å². The van der Waals surface area contributed by atoms with Crippen LogP contribution in [0.1, 0.15) is 18.5 Å². The quantitative estimate of drug-likeness (QED) is 0.890. The highest BCUT2D eigenvalue weighted by Gasteiger charge is 2.10. The van der Waals surface area contributed by atoms with E-state index in [0.717, 1.165) is 4.47 Å². The van der Waals surface area contributed by atoms with Gasteiger partial charge in [-0.2, -0.15) is 0 Å². The van der Waals surface area contributed by atoms with Crippen molar-refractivity contribution in [1.82, 2.24) is 4.57 Å². The van der Waals surface area contributed by atoms with Crippen molar-refractivity contribution in [2.24, 2.45) is 12.8 Å². The molecule has 1 aromatic carbocycles. The minimum absolute atomic E-state index is 0.404. The summed E-state index contributed by atoms with van der Waals surface area (Å²) in [5.41, 5.74) is 8.26. The highest BCUT2D eigenvalue weighted by atomic mass is 79.9. The summed E-state index contributed by atoms with van der Waals surface area (Å²) in [5, 5.41) is 1.27. The van der Waals surface area contributed by atoms with E-state index in [2.05, 4.69) is 58.7 Å². The topological polar surface area (TPSA) is 30.9 Å². The zero-order chi connectivity index (χ0) is 11.0. The van der Waals surface area contributed by atoms with Crippen LogP contribution >= 0.6 is 15.9 Å². The summed E-state index contributed by atoms with van der Waals surface area (Å²) in [5.74, 6) is 0.404. The van der Waals surface area contributed by atoms with Crippen molar-refractivity contribution in [3.63, 3.8) is 0 Å². The summed E-state index contributed by atoms with van der Waals surface area (Å²) in [4.78, 5) is 0. The highest BCUT2D eigenvalue weighted by molar-refractivity contribution is 9.10. The molecule has 0 aliphatic carbocycles. The first-order chi connectivity index (χ1) is 7.13.